The molecular weight excluding hydrogens is 574 g/mol. The van der Waals surface area contributed by atoms with E-state index in [-0.39, 0.29) is 23.0 Å². The second-order valence-corrected chi connectivity index (χ2v) is 12.9. The van der Waals surface area contributed by atoms with Gasteiger partial charge in [-0.25, -0.2) is 4.79 Å². The van der Waals surface area contributed by atoms with Gasteiger partial charge in [-0.2, -0.15) is 0 Å². The van der Waals surface area contributed by atoms with Crippen LogP contribution in [0, 0.1) is 31.1 Å². The summed E-state index contributed by atoms with van der Waals surface area (Å²) in [5.41, 5.74) is 10.2. The molecular formula is C35H45N3O7. The van der Waals surface area contributed by atoms with Crippen LogP contribution in [0.2, 0.25) is 0 Å². The highest BCUT2D eigenvalue weighted by Crippen LogP contribution is 2.60. The predicted molar refractivity (Wildman–Crippen MR) is 171 cm³/mol. The lowest BCUT2D eigenvalue weighted by Crippen LogP contribution is -2.43. The SMILES string of the molecule is CC(=O)Oc1ccc2c(c1)CC[C@H]1C2CC[C@]2(C)C1CC[C@@H]2O.Cc1c[nH]c(=O)[nH]c1=O.Cc1ccc(C[C@@H](N)C(=O)O)cc1. The third-order valence-electron chi connectivity index (χ3n) is 9.81. The normalized spacial score (nSPS) is 25.1. The van der Waals surface area contributed by atoms with Gasteiger partial charge >= 0.3 is 17.6 Å². The number of nitrogens with one attached hydrogen (secondary N) is 2. The monoisotopic (exact) mass is 619 g/mol. The van der Waals surface area contributed by atoms with Gasteiger partial charge < -0.3 is 25.7 Å². The quantitative estimate of drug-likeness (QED) is 0.214. The maximum Gasteiger partial charge on any atom is 0.325 e. The number of aromatic nitrogens is 2. The molecule has 0 aliphatic heterocycles. The van der Waals surface area contributed by atoms with Gasteiger partial charge in [0.05, 0.1) is 6.10 Å². The van der Waals surface area contributed by atoms with E-state index in [1.807, 2.05) is 37.3 Å². The summed E-state index contributed by atoms with van der Waals surface area (Å²) in [6.45, 7) is 7.36. The highest BCUT2D eigenvalue weighted by Gasteiger charge is 2.54. The number of aliphatic hydroxyl groups is 1. The Morgan fingerprint density at radius 2 is 1.78 bits per heavy atom. The Labute approximate surface area is 263 Å². The number of carbonyl (C=O) groups is 2. The van der Waals surface area contributed by atoms with E-state index < -0.39 is 17.7 Å². The molecule has 3 aromatic rings. The average molecular weight is 620 g/mol. The number of H-pyrrole nitrogens is 2. The topological polar surface area (TPSA) is 176 Å². The van der Waals surface area contributed by atoms with E-state index in [4.69, 9.17) is 15.6 Å². The number of aromatic amines is 2. The molecule has 0 saturated heterocycles. The number of carboxylic acid groups (broad SMARTS) is 1. The van der Waals surface area contributed by atoms with Crippen molar-refractivity contribution in [2.24, 2.45) is 23.0 Å². The first kappa shape index (κ1) is 33.9. The van der Waals surface area contributed by atoms with E-state index in [2.05, 4.69) is 29.0 Å². The molecule has 6 N–H and O–H groups in total. The van der Waals surface area contributed by atoms with Crippen LogP contribution in [0.25, 0.3) is 0 Å². The number of rotatable bonds is 4. The van der Waals surface area contributed by atoms with E-state index in [1.54, 1.807) is 6.92 Å². The van der Waals surface area contributed by atoms with Crippen LogP contribution >= 0.6 is 0 Å². The lowest BCUT2D eigenvalue weighted by molar-refractivity contribution is -0.138. The van der Waals surface area contributed by atoms with Gasteiger partial charge in [0, 0.05) is 18.7 Å². The number of nitrogens with two attached hydrogens (primary N) is 1. The molecule has 1 heterocycles. The average Bonchev–Trinajstić information content (AvgIpc) is 3.30. The van der Waals surface area contributed by atoms with Crippen molar-refractivity contribution in [3.8, 4) is 5.75 Å². The minimum atomic E-state index is -0.958. The van der Waals surface area contributed by atoms with Gasteiger partial charge in [0.15, 0.2) is 0 Å². The first-order chi connectivity index (χ1) is 21.3. The Bertz CT molecular complexity index is 1610. The fourth-order valence-electron chi connectivity index (χ4n) is 7.30. The number of aryl methyl sites for hydroxylation is 3. The van der Waals surface area contributed by atoms with Gasteiger partial charge in [0.2, 0.25) is 0 Å². The summed E-state index contributed by atoms with van der Waals surface area (Å²) in [6.07, 6.45) is 8.38. The lowest BCUT2D eigenvalue weighted by atomic mass is 9.55. The third kappa shape index (κ3) is 8.18. The molecule has 10 nitrogen and oxygen atoms in total. The summed E-state index contributed by atoms with van der Waals surface area (Å²) in [6, 6.07) is 13.1. The molecule has 45 heavy (non-hydrogen) atoms. The number of carbonyl (C=O) groups excluding carboxylic acids is 1. The largest absolute Gasteiger partial charge is 0.480 e. The van der Waals surface area contributed by atoms with Crippen LogP contribution in [0.3, 0.4) is 0 Å². The molecule has 0 spiro atoms. The number of esters is 1. The first-order valence-corrected chi connectivity index (χ1v) is 15.6. The molecule has 2 unspecified atom stereocenters. The Balaban J connectivity index is 0.000000176. The Hall–Kier alpha value is -4.02. The molecule has 6 atom stereocenters. The molecule has 0 radical (unpaired) electrons. The molecule has 1 aromatic heterocycles. The number of carboxylic acids is 1. The fourth-order valence-corrected chi connectivity index (χ4v) is 7.30. The number of hydrogen-bond donors (Lipinski definition) is 5. The van der Waals surface area contributed by atoms with Crippen molar-refractivity contribution in [2.45, 2.75) is 90.7 Å². The predicted octanol–water partition coefficient (Wildman–Crippen LogP) is 4.15. The van der Waals surface area contributed by atoms with Crippen molar-refractivity contribution in [3.05, 3.63) is 97.3 Å². The maximum absolute atomic E-state index is 11.2. The van der Waals surface area contributed by atoms with Crippen LogP contribution < -0.4 is 21.7 Å². The molecule has 242 valence electrons. The van der Waals surface area contributed by atoms with Gasteiger partial charge in [-0.05, 0) is 111 Å². The minimum Gasteiger partial charge on any atom is -0.480 e. The number of aliphatic carboxylic acids is 1. The van der Waals surface area contributed by atoms with Crippen LogP contribution in [0.4, 0.5) is 0 Å². The summed E-state index contributed by atoms with van der Waals surface area (Å²) in [5, 5.41) is 19.0. The number of fused-ring (bicyclic) bond motifs is 5. The van der Waals surface area contributed by atoms with Crippen molar-refractivity contribution in [1.29, 1.82) is 0 Å². The summed E-state index contributed by atoms with van der Waals surface area (Å²) in [7, 11) is 0. The summed E-state index contributed by atoms with van der Waals surface area (Å²) >= 11 is 0. The third-order valence-corrected chi connectivity index (χ3v) is 9.81. The highest BCUT2D eigenvalue weighted by atomic mass is 16.5. The number of ether oxygens (including phenoxy) is 1. The molecule has 0 bridgehead atoms. The smallest absolute Gasteiger partial charge is 0.325 e. The molecule has 0 amide bonds. The summed E-state index contributed by atoms with van der Waals surface area (Å²) < 4.78 is 5.24. The second-order valence-electron chi connectivity index (χ2n) is 12.9. The number of hydrogen-bond acceptors (Lipinski definition) is 7. The van der Waals surface area contributed by atoms with Gasteiger partial charge in [0.25, 0.3) is 5.56 Å². The van der Waals surface area contributed by atoms with E-state index in [9.17, 15) is 24.3 Å². The number of benzene rings is 2. The summed E-state index contributed by atoms with van der Waals surface area (Å²) in [4.78, 5) is 46.9. The molecule has 10 heteroatoms. The molecule has 2 aromatic carbocycles. The van der Waals surface area contributed by atoms with Gasteiger partial charge in [-0.1, -0.05) is 42.8 Å². The Kier molecular flexibility index (Phi) is 10.8. The maximum atomic E-state index is 11.2. The molecule has 2 fully saturated rings. The first-order valence-electron chi connectivity index (χ1n) is 15.6. The highest BCUT2D eigenvalue weighted by molar-refractivity contribution is 5.73. The molecule has 6 rings (SSSR count). The van der Waals surface area contributed by atoms with Crippen molar-refractivity contribution < 1.29 is 24.5 Å². The minimum absolute atomic E-state index is 0.110. The van der Waals surface area contributed by atoms with E-state index >= 15 is 0 Å². The molecule has 3 aliphatic rings. The lowest BCUT2D eigenvalue weighted by Gasteiger charge is -2.50. The van der Waals surface area contributed by atoms with E-state index in [0.29, 0.717) is 35.5 Å². The van der Waals surface area contributed by atoms with Gasteiger partial charge in [-0.15, -0.1) is 0 Å². The van der Waals surface area contributed by atoms with Crippen molar-refractivity contribution in [1.82, 2.24) is 9.97 Å². The van der Waals surface area contributed by atoms with Crippen LogP contribution in [0.1, 0.15) is 79.7 Å². The van der Waals surface area contributed by atoms with Crippen molar-refractivity contribution >= 4 is 11.9 Å². The summed E-state index contributed by atoms with van der Waals surface area (Å²) in [5.74, 6) is 1.45. The van der Waals surface area contributed by atoms with Gasteiger partial charge in [-0.3, -0.25) is 19.4 Å². The molecule has 3 aliphatic carbocycles. The van der Waals surface area contributed by atoms with Gasteiger partial charge in [0.1, 0.15) is 11.8 Å². The van der Waals surface area contributed by atoms with Crippen LogP contribution in [0.5, 0.6) is 5.75 Å². The zero-order chi connectivity index (χ0) is 32.9. The van der Waals surface area contributed by atoms with Crippen LogP contribution in [-0.4, -0.2) is 44.3 Å². The van der Waals surface area contributed by atoms with Crippen molar-refractivity contribution in [2.75, 3.05) is 0 Å². The fraction of sp³-hybridized carbons (Fsp3) is 0.486. The van der Waals surface area contributed by atoms with E-state index in [1.165, 1.54) is 43.5 Å². The van der Waals surface area contributed by atoms with Crippen molar-refractivity contribution in [3.63, 3.8) is 0 Å². The Morgan fingerprint density at radius 1 is 1.07 bits per heavy atom. The Morgan fingerprint density at radius 3 is 2.40 bits per heavy atom. The zero-order valence-electron chi connectivity index (χ0n) is 26.5. The standard InChI is InChI=1S/C20H26O3.C10H13NO2.C5H6N2O2/c1-12(21)23-14-4-6-15-13(11-14)3-5-17-16(15)9-10-20(2)18(17)7-8-19(20)22;1-7-2-4-8(5-3-7)6-9(11)10(12)13;1-3-2-6-5(9)7-4(3)8/h4,6,11,16-19,22H,3,5,7-10H2,1-2H3;2-5,9H,6,11H2,1H3,(H,12,13);2H,1H3,(H2,6,7,8,9)/t16?,17-,18?,19-,20+;9-;/m01./s1. The van der Waals surface area contributed by atoms with E-state index in [0.717, 1.165) is 30.4 Å². The van der Waals surface area contributed by atoms with Crippen LogP contribution in [0.15, 0.2) is 58.3 Å². The molecule has 2 saturated carbocycles. The number of aliphatic hydroxyl groups excluding tert-OH is 1. The second kappa shape index (κ2) is 14.4. The zero-order valence-corrected chi connectivity index (χ0v) is 26.5. The van der Waals surface area contributed by atoms with Crippen LogP contribution in [-0.2, 0) is 22.4 Å².